The molecule has 18 heavy (non-hydrogen) atoms. The van der Waals surface area contributed by atoms with Crippen molar-refractivity contribution in [2.75, 3.05) is 22.6 Å². The van der Waals surface area contributed by atoms with Crippen molar-refractivity contribution in [2.45, 2.75) is 18.9 Å². The number of hydrogen-bond acceptors (Lipinski definition) is 5. The summed E-state index contributed by atoms with van der Waals surface area (Å²) in [5, 5.41) is 3.42. The maximum absolute atomic E-state index is 5.96. The Labute approximate surface area is 110 Å². The van der Waals surface area contributed by atoms with E-state index in [1.807, 2.05) is 36.0 Å². The zero-order valence-corrected chi connectivity index (χ0v) is 10.9. The second-order valence-electron chi connectivity index (χ2n) is 4.50. The van der Waals surface area contributed by atoms with Crippen molar-refractivity contribution in [3.8, 4) is 0 Å². The fraction of sp³-hybridized carbons (Fsp3) is 0.385. The van der Waals surface area contributed by atoms with Crippen molar-refractivity contribution in [3.63, 3.8) is 0 Å². The summed E-state index contributed by atoms with van der Waals surface area (Å²) in [6.07, 6.45) is 2.43. The molecule has 1 unspecified atom stereocenters. The average molecular weight is 260 g/mol. The number of anilines is 2. The summed E-state index contributed by atoms with van der Waals surface area (Å²) >= 11 is 1.98. The van der Waals surface area contributed by atoms with Crippen molar-refractivity contribution in [3.05, 3.63) is 24.3 Å². The smallest absolute Gasteiger partial charge is 0.169 e. The van der Waals surface area contributed by atoms with Gasteiger partial charge in [-0.15, -0.1) is 0 Å². The van der Waals surface area contributed by atoms with Gasteiger partial charge < -0.3 is 11.1 Å². The molecule has 0 spiro atoms. The van der Waals surface area contributed by atoms with Crippen LogP contribution in [-0.4, -0.2) is 27.5 Å². The molecule has 1 aliphatic rings. The van der Waals surface area contributed by atoms with E-state index in [0.29, 0.717) is 11.9 Å². The van der Waals surface area contributed by atoms with E-state index in [9.17, 15) is 0 Å². The molecule has 2 aromatic rings. The summed E-state index contributed by atoms with van der Waals surface area (Å²) in [4.78, 5) is 8.95. The SMILES string of the molecule is Nc1nc2ccccc2nc1NC1CCCSC1. The van der Waals surface area contributed by atoms with Crippen LogP contribution < -0.4 is 11.1 Å². The Morgan fingerprint density at radius 1 is 1.22 bits per heavy atom. The Bertz CT molecular complexity index is 552. The molecule has 0 saturated carbocycles. The lowest BCUT2D eigenvalue weighted by Crippen LogP contribution is -2.26. The number of para-hydroxylation sites is 2. The minimum atomic E-state index is 0.460. The minimum absolute atomic E-state index is 0.460. The molecular weight excluding hydrogens is 244 g/mol. The number of nitrogens with one attached hydrogen (secondary N) is 1. The highest BCUT2D eigenvalue weighted by Gasteiger charge is 2.15. The zero-order chi connectivity index (χ0) is 12.4. The van der Waals surface area contributed by atoms with Crippen LogP contribution in [0, 0.1) is 0 Å². The molecule has 5 heteroatoms. The first-order valence-corrected chi connectivity index (χ1v) is 7.35. The second kappa shape index (κ2) is 5.02. The van der Waals surface area contributed by atoms with Gasteiger partial charge in [0.2, 0.25) is 0 Å². The van der Waals surface area contributed by atoms with E-state index in [0.717, 1.165) is 22.6 Å². The van der Waals surface area contributed by atoms with Crippen LogP contribution in [0.3, 0.4) is 0 Å². The van der Waals surface area contributed by atoms with Crippen LogP contribution in [0.15, 0.2) is 24.3 Å². The first-order valence-electron chi connectivity index (χ1n) is 6.19. The fourth-order valence-corrected chi connectivity index (χ4v) is 3.24. The van der Waals surface area contributed by atoms with Gasteiger partial charge in [-0.1, -0.05) is 12.1 Å². The first-order chi connectivity index (χ1) is 8.83. The number of thioether (sulfide) groups is 1. The summed E-state index contributed by atoms with van der Waals surface area (Å²) < 4.78 is 0. The van der Waals surface area contributed by atoms with E-state index in [1.54, 1.807) is 0 Å². The third-order valence-corrected chi connectivity index (χ3v) is 4.31. The van der Waals surface area contributed by atoms with Gasteiger partial charge in [0.15, 0.2) is 11.6 Å². The van der Waals surface area contributed by atoms with Gasteiger partial charge in [0.25, 0.3) is 0 Å². The molecule has 0 aliphatic carbocycles. The van der Waals surface area contributed by atoms with E-state index in [-0.39, 0.29) is 0 Å². The van der Waals surface area contributed by atoms with E-state index in [4.69, 9.17) is 5.73 Å². The molecule has 1 aromatic heterocycles. The van der Waals surface area contributed by atoms with Gasteiger partial charge in [0.05, 0.1) is 11.0 Å². The highest BCUT2D eigenvalue weighted by Crippen LogP contribution is 2.23. The second-order valence-corrected chi connectivity index (χ2v) is 5.65. The Hall–Kier alpha value is -1.49. The molecule has 1 saturated heterocycles. The number of benzene rings is 1. The average Bonchev–Trinajstić information content (AvgIpc) is 2.41. The van der Waals surface area contributed by atoms with Gasteiger partial charge in [-0.25, -0.2) is 9.97 Å². The topological polar surface area (TPSA) is 63.8 Å². The number of hydrogen-bond donors (Lipinski definition) is 2. The number of aromatic nitrogens is 2. The molecule has 1 atom stereocenters. The summed E-state index contributed by atoms with van der Waals surface area (Å²) in [7, 11) is 0. The van der Waals surface area contributed by atoms with Crippen molar-refractivity contribution in [1.82, 2.24) is 9.97 Å². The molecule has 2 heterocycles. The molecule has 3 N–H and O–H groups in total. The van der Waals surface area contributed by atoms with Gasteiger partial charge in [0.1, 0.15) is 0 Å². The van der Waals surface area contributed by atoms with Gasteiger partial charge in [0, 0.05) is 11.8 Å². The van der Waals surface area contributed by atoms with Crippen molar-refractivity contribution in [2.24, 2.45) is 0 Å². The highest BCUT2D eigenvalue weighted by molar-refractivity contribution is 7.99. The largest absolute Gasteiger partial charge is 0.381 e. The molecule has 1 aromatic carbocycles. The maximum Gasteiger partial charge on any atom is 0.169 e. The molecule has 3 rings (SSSR count). The van der Waals surface area contributed by atoms with Crippen LogP contribution in [0.1, 0.15) is 12.8 Å². The standard InChI is InChI=1S/C13H16N4S/c14-12-13(15-9-4-3-7-18-8-9)17-11-6-2-1-5-10(11)16-12/h1-2,5-6,9H,3-4,7-8H2,(H2,14,16)(H,15,17). The quantitative estimate of drug-likeness (QED) is 0.868. The number of nitrogens with zero attached hydrogens (tertiary/aromatic N) is 2. The van der Waals surface area contributed by atoms with Crippen LogP contribution in [0.4, 0.5) is 11.6 Å². The number of nitrogen functional groups attached to an aromatic ring is 1. The third-order valence-electron chi connectivity index (χ3n) is 3.10. The van der Waals surface area contributed by atoms with Crippen molar-refractivity contribution < 1.29 is 0 Å². The Balaban J connectivity index is 1.88. The highest BCUT2D eigenvalue weighted by atomic mass is 32.2. The molecule has 0 radical (unpaired) electrons. The summed E-state index contributed by atoms with van der Waals surface area (Å²) in [6, 6.07) is 8.26. The number of fused-ring (bicyclic) bond motifs is 1. The predicted molar refractivity (Wildman–Crippen MR) is 77.9 cm³/mol. The fourth-order valence-electron chi connectivity index (χ4n) is 2.17. The summed E-state index contributed by atoms with van der Waals surface area (Å²) in [5.74, 6) is 3.59. The molecule has 0 bridgehead atoms. The van der Waals surface area contributed by atoms with E-state index in [1.165, 1.54) is 18.6 Å². The Morgan fingerprint density at radius 2 is 2.00 bits per heavy atom. The number of nitrogens with two attached hydrogens (primary N) is 1. The Morgan fingerprint density at radius 3 is 2.72 bits per heavy atom. The minimum Gasteiger partial charge on any atom is -0.381 e. The van der Waals surface area contributed by atoms with Crippen LogP contribution in [0.25, 0.3) is 11.0 Å². The zero-order valence-electron chi connectivity index (χ0n) is 10.1. The molecule has 0 amide bonds. The van der Waals surface area contributed by atoms with Crippen LogP contribution in [-0.2, 0) is 0 Å². The van der Waals surface area contributed by atoms with Crippen LogP contribution in [0.2, 0.25) is 0 Å². The third kappa shape index (κ3) is 2.36. The van der Waals surface area contributed by atoms with E-state index >= 15 is 0 Å². The maximum atomic E-state index is 5.96. The molecule has 1 fully saturated rings. The van der Waals surface area contributed by atoms with Crippen molar-refractivity contribution in [1.29, 1.82) is 0 Å². The molecule has 94 valence electrons. The molecular formula is C13H16N4S. The van der Waals surface area contributed by atoms with Crippen molar-refractivity contribution >= 4 is 34.4 Å². The normalized spacial score (nSPS) is 19.9. The van der Waals surface area contributed by atoms with Crippen LogP contribution in [0.5, 0.6) is 0 Å². The van der Waals surface area contributed by atoms with Gasteiger partial charge in [-0.3, -0.25) is 0 Å². The summed E-state index contributed by atoms with van der Waals surface area (Å²) in [5.41, 5.74) is 7.69. The van der Waals surface area contributed by atoms with Crippen LogP contribution >= 0.6 is 11.8 Å². The predicted octanol–water partition coefficient (Wildman–Crippen LogP) is 2.52. The number of rotatable bonds is 2. The van der Waals surface area contributed by atoms with Gasteiger partial charge >= 0.3 is 0 Å². The van der Waals surface area contributed by atoms with Gasteiger partial charge in [-0.2, -0.15) is 11.8 Å². The van der Waals surface area contributed by atoms with Gasteiger partial charge in [-0.05, 0) is 30.7 Å². The monoisotopic (exact) mass is 260 g/mol. The molecule has 4 nitrogen and oxygen atoms in total. The lowest BCUT2D eigenvalue weighted by atomic mass is 10.2. The summed E-state index contributed by atoms with van der Waals surface area (Å²) in [6.45, 7) is 0. The Kier molecular flexibility index (Phi) is 3.23. The first kappa shape index (κ1) is 11.6. The molecule has 1 aliphatic heterocycles. The lowest BCUT2D eigenvalue weighted by molar-refractivity contribution is 0.683. The lowest BCUT2D eigenvalue weighted by Gasteiger charge is -2.23. The van der Waals surface area contributed by atoms with E-state index in [2.05, 4.69) is 15.3 Å². The van der Waals surface area contributed by atoms with E-state index < -0.39 is 0 Å².